The molecule has 8 aromatic rings. The first-order valence-corrected chi connectivity index (χ1v) is 18.8. The van der Waals surface area contributed by atoms with Crippen molar-refractivity contribution in [2.75, 3.05) is 0 Å². The first kappa shape index (κ1) is 30.8. The van der Waals surface area contributed by atoms with Gasteiger partial charge in [0.15, 0.2) is 0 Å². The lowest BCUT2D eigenvalue weighted by molar-refractivity contribution is 0.620. The number of aromatic nitrogens is 2. The van der Waals surface area contributed by atoms with Gasteiger partial charge in [-0.2, -0.15) is 0 Å². The fourth-order valence-electron chi connectivity index (χ4n) is 8.78. The Labute approximate surface area is 305 Å². The molecule has 0 N–H and O–H groups in total. The third kappa shape index (κ3) is 5.21. The molecular weight excluding hydrogens is 629 g/mol. The van der Waals surface area contributed by atoms with Gasteiger partial charge in [-0.1, -0.05) is 134 Å². The molecule has 0 fully saturated rings. The predicted octanol–water partition coefficient (Wildman–Crippen LogP) is 13.6. The predicted molar refractivity (Wildman–Crippen MR) is 221 cm³/mol. The third-order valence-corrected chi connectivity index (χ3v) is 11.3. The Morgan fingerprint density at radius 1 is 0.615 bits per heavy atom. The van der Waals surface area contributed by atoms with Crippen LogP contribution in [0.25, 0.3) is 76.9 Å². The van der Waals surface area contributed by atoms with Crippen LogP contribution in [0, 0.1) is 5.92 Å². The molecule has 2 nitrogen and oxygen atoms in total. The van der Waals surface area contributed by atoms with Crippen LogP contribution >= 0.6 is 0 Å². The quantitative estimate of drug-likeness (QED) is 0.132. The number of hydrogen-bond donors (Lipinski definition) is 0. The molecule has 0 aliphatic heterocycles. The van der Waals surface area contributed by atoms with Crippen LogP contribution in [0.2, 0.25) is 0 Å². The molecule has 1 aromatic heterocycles. The summed E-state index contributed by atoms with van der Waals surface area (Å²) in [4.78, 5) is 5.16. The first-order chi connectivity index (χ1) is 25.7. The van der Waals surface area contributed by atoms with E-state index in [-0.39, 0.29) is 0 Å². The van der Waals surface area contributed by atoms with Crippen molar-refractivity contribution >= 4 is 48.9 Å². The van der Waals surface area contributed by atoms with Crippen molar-refractivity contribution in [1.82, 2.24) is 9.55 Å². The van der Waals surface area contributed by atoms with E-state index in [1.54, 1.807) is 0 Å². The number of imidazole rings is 1. The second kappa shape index (κ2) is 12.7. The van der Waals surface area contributed by atoms with E-state index >= 15 is 0 Å². The van der Waals surface area contributed by atoms with Gasteiger partial charge in [-0.25, -0.2) is 4.98 Å². The topological polar surface area (TPSA) is 17.8 Å². The van der Waals surface area contributed by atoms with E-state index < -0.39 is 0 Å². The van der Waals surface area contributed by atoms with E-state index in [0.717, 1.165) is 41.8 Å². The molecule has 250 valence electrons. The van der Waals surface area contributed by atoms with Gasteiger partial charge in [-0.15, -0.1) is 0 Å². The standard InChI is InChI=1S/C50H40N2/c1-33-12-11-17-39(30-33)49-43-19-8-7-18-42(43)48(40-23-22-34-13-5-6-16-37(34)31-40)44-29-26-38(32-45(44)49)35-24-27-41(28-25-35)52-47-21-10-9-20-46(47)51-50(52)36-14-3-2-4-15-36/h3,5-14,16-29,31-33,36H,2,4,15,30H2,1H3. The molecule has 2 heteroatoms. The normalized spacial score (nSPS) is 17.4. The Bertz CT molecular complexity index is 2760. The fourth-order valence-corrected chi connectivity index (χ4v) is 8.78. The van der Waals surface area contributed by atoms with Crippen molar-refractivity contribution in [3.8, 4) is 27.9 Å². The summed E-state index contributed by atoms with van der Waals surface area (Å²) < 4.78 is 2.38. The summed E-state index contributed by atoms with van der Waals surface area (Å²) in [7, 11) is 0. The molecule has 0 saturated carbocycles. The van der Waals surface area contributed by atoms with Crippen LogP contribution in [-0.4, -0.2) is 9.55 Å². The molecule has 10 rings (SSSR count). The monoisotopic (exact) mass is 668 g/mol. The van der Waals surface area contributed by atoms with Crippen LogP contribution < -0.4 is 0 Å². The minimum atomic E-state index is 0.331. The van der Waals surface area contributed by atoms with Crippen molar-refractivity contribution in [1.29, 1.82) is 0 Å². The third-order valence-electron chi connectivity index (χ3n) is 11.3. The molecule has 2 aliphatic carbocycles. The van der Waals surface area contributed by atoms with Crippen LogP contribution in [0.3, 0.4) is 0 Å². The zero-order valence-corrected chi connectivity index (χ0v) is 29.5. The second-order valence-electron chi connectivity index (χ2n) is 14.7. The van der Waals surface area contributed by atoms with Crippen LogP contribution in [0.4, 0.5) is 0 Å². The van der Waals surface area contributed by atoms with Crippen molar-refractivity contribution in [3.63, 3.8) is 0 Å². The van der Waals surface area contributed by atoms with Crippen molar-refractivity contribution in [3.05, 3.63) is 175 Å². The number of para-hydroxylation sites is 2. The van der Waals surface area contributed by atoms with Crippen LogP contribution in [0.1, 0.15) is 49.9 Å². The Morgan fingerprint density at radius 2 is 1.35 bits per heavy atom. The number of nitrogens with zero attached hydrogens (tertiary/aromatic N) is 2. The van der Waals surface area contributed by atoms with E-state index in [4.69, 9.17) is 4.98 Å². The number of hydrogen-bond acceptors (Lipinski definition) is 1. The van der Waals surface area contributed by atoms with Crippen molar-refractivity contribution < 1.29 is 0 Å². The zero-order chi connectivity index (χ0) is 34.6. The van der Waals surface area contributed by atoms with Crippen LogP contribution in [0.5, 0.6) is 0 Å². The van der Waals surface area contributed by atoms with Gasteiger partial charge in [-0.3, -0.25) is 4.57 Å². The molecule has 0 spiro atoms. The lowest BCUT2D eigenvalue weighted by Gasteiger charge is -2.22. The van der Waals surface area contributed by atoms with E-state index in [2.05, 4.69) is 175 Å². The van der Waals surface area contributed by atoms with Gasteiger partial charge in [0, 0.05) is 11.6 Å². The van der Waals surface area contributed by atoms with E-state index in [9.17, 15) is 0 Å². The minimum absolute atomic E-state index is 0.331. The molecule has 7 aromatic carbocycles. The molecule has 2 atom stereocenters. The fraction of sp³-hybridized carbons (Fsp3) is 0.140. The largest absolute Gasteiger partial charge is 0.296 e. The summed E-state index contributed by atoms with van der Waals surface area (Å²) in [6, 6.07) is 49.5. The Morgan fingerprint density at radius 3 is 2.17 bits per heavy atom. The zero-order valence-electron chi connectivity index (χ0n) is 29.5. The Balaban J connectivity index is 1.16. The van der Waals surface area contributed by atoms with Gasteiger partial charge >= 0.3 is 0 Å². The maximum absolute atomic E-state index is 5.16. The van der Waals surface area contributed by atoms with Crippen molar-refractivity contribution in [2.24, 2.45) is 5.92 Å². The highest BCUT2D eigenvalue weighted by molar-refractivity contribution is 6.20. The van der Waals surface area contributed by atoms with Gasteiger partial charge < -0.3 is 0 Å². The molecule has 0 amide bonds. The summed E-state index contributed by atoms with van der Waals surface area (Å²) >= 11 is 0. The molecule has 0 bridgehead atoms. The van der Waals surface area contributed by atoms with E-state index in [0.29, 0.717) is 11.8 Å². The highest BCUT2D eigenvalue weighted by Gasteiger charge is 2.22. The minimum Gasteiger partial charge on any atom is -0.296 e. The maximum Gasteiger partial charge on any atom is 0.121 e. The molecule has 1 heterocycles. The molecule has 0 radical (unpaired) electrons. The van der Waals surface area contributed by atoms with E-state index in [1.807, 2.05) is 0 Å². The highest BCUT2D eigenvalue weighted by atomic mass is 15.1. The molecule has 0 saturated heterocycles. The van der Waals surface area contributed by atoms with E-state index in [1.165, 1.54) is 72.1 Å². The Kier molecular flexibility index (Phi) is 7.49. The summed E-state index contributed by atoms with van der Waals surface area (Å²) in [5.74, 6) is 1.97. The summed E-state index contributed by atoms with van der Waals surface area (Å²) in [6.07, 6.45) is 16.1. The smallest absolute Gasteiger partial charge is 0.121 e. The lowest BCUT2D eigenvalue weighted by atomic mass is 9.81. The number of rotatable bonds is 5. The van der Waals surface area contributed by atoms with Crippen LogP contribution in [0.15, 0.2) is 164 Å². The van der Waals surface area contributed by atoms with Gasteiger partial charge in [-0.05, 0) is 134 Å². The lowest BCUT2D eigenvalue weighted by Crippen LogP contribution is -2.08. The van der Waals surface area contributed by atoms with Gasteiger partial charge in [0.05, 0.1) is 11.0 Å². The molecular formula is C50H40N2. The molecule has 2 unspecified atom stereocenters. The van der Waals surface area contributed by atoms with Crippen molar-refractivity contribution in [2.45, 2.75) is 38.5 Å². The van der Waals surface area contributed by atoms with Crippen LogP contribution in [-0.2, 0) is 0 Å². The average molecular weight is 669 g/mol. The maximum atomic E-state index is 5.16. The SMILES string of the molecule is CC1C=CC=C(c2c3ccccc3c(-c3ccc4ccccc4c3)c3ccc(-c4ccc(-n5c(C6C=CCCC6)nc6ccccc65)cc4)cc23)C1. The number of allylic oxidation sites excluding steroid dienone is 6. The average Bonchev–Trinajstić information content (AvgIpc) is 3.60. The summed E-state index contributed by atoms with van der Waals surface area (Å²) in [5, 5.41) is 7.75. The molecule has 2 aliphatic rings. The highest BCUT2D eigenvalue weighted by Crippen LogP contribution is 2.45. The number of benzene rings is 7. The van der Waals surface area contributed by atoms with Gasteiger partial charge in [0.25, 0.3) is 0 Å². The first-order valence-electron chi connectivity index (χ1n) is 18.8. The summed E-state index contributed by atoms with van der Waals surface area (Å²) in [6.45, 7) is 2.32. The summed E-state index contributed by atoms with van der Waals surface area (Å²) in [5.41, 5.74) is 11.1. The van der Waals surface area contributed by atoms with Gasteiger partial charge in [0.2, 0.25) is 0 Å². The number of fused-ring (bicyclic) bond motifs is 4. The second-order valence-corrected chi connectivity index (χ2v) is 14.7. The molecule has 52 heavy (non-hydrogen) atoms. The van der Waals surface area contributed by atoms with Gasteiger partial charge in [0.1, 0.15) is 5.82 Å². The Hall–Kier alpha value is -5.99.